The Morgan fingerprint density at radius 1 is 1.09 bits per heavy atom. The summed E-state index contributed by atoms with van der Waals surface area (Å²) in [6.07, 6.45) is 0. The van der Waals surface area contributed by atoms with Crippen LogP contribution in [0.25, 0.3) is 0 Å². The van der Waals surface area contributed by atoms with E-state index in [9.17, 15) is 9.59 Å². The van der Waals surface area contributed by atoms with Crippen LogP contribution < -0.4 is 21.4 Å². The van der Waals surface area contributed by atoms with Gasteiger partial charge in [0.1, 0.15) is 12.4 Å². The number of nitrogens with one attached hydrogen (secondary N) is 2. The minimum Gasteiger partial charge on any atom is -0.485 e. The van der Waals surface area contributed by atoms with E-state index in [1.165, 1.54) is 4.68 Å². The molecule has 9 nitrogen and oxygen atoms in total. The number of carbonyl (C=O) groups is 2. The third-order valence-electron chi connectivity index (χ3n) is 4.87. The van der Waals surface area contributed by atoms with Gasteiger partial charge in [-0.3, -0.25) is 20.4 Å². The smallest absolute Gasteiger partial charge is 0.269 e. The van der Waals surface area contributed by atoms with E-state index < -0.39 is 17.1 Å². The normalized spacial score (nSPS) is 11.8. The number of aromatic nitrogens is 3. The first-order valence-corrected chi connectivity index (χ1v) is 11.4. The van der Waals surface area contributed by atoms with Crippen molar-refractivity contribution in [3.63, 3.8) is 0 Å². The fraction of sp³-hybridized carbons (Fsp3) is 0.304. The van der Waals surface area contributed by atoms with Crippen molar-refractivity contribution in [3.05, 3.63) is 71.0 Å². The van der Waals surface area contributed by atoms with Gasteiger partial charge in [-0.1, -0.05) is 55.9 Å². The van der Waals surface area contributed by atoms with Gasteiger partial charge in [-0.15, -0.1) is 10.2 Å². The van der Waals surface area contributed by atoms with Crippen LogP contribution >= 0.6 is 11.8 Å². The number of hydrogen-bond donors (Lipinski definition) is 3. The molecule has 3 rings (SSSR count). The highest BCUT2D eigenvalue weighted by atomic mass is 32.2. The molecule has 0 bridgehead atoms. The zero-order valence-electron chi connectivity index (χ0n) is 19.0. The van der Waals surface area contributed by atoms with Crippen molar-refractivity contribution in [1.29, 1.82) is 0 Å². The summed E-state index contributed by atoms with van der Waals surface area (Å²) >= 11 is 1.12. The van der Waals surface area contributed by atoms with E-state index in [2.05, 4.69) is 47.0 Å². The van der Waals surface area contributed by atoms with Gasteiger partial charge in [0.15, 0.2) is 5.82 Å². The molecule has 10 heteroatoms. The lowest BCUT2D eigenvalue weighted by Crippen LogP contribution is -2.45. The maximum atomic E-state index is 12.4. The summed E-state index contributed by atoms with van der Waals surface area (Å²) in [5.74, 6) is 6.85. The maximum absolute atomic E-state index is 12.4. The molecule has 1 heterocycles. The van der Waals surface area contributed by atoms with Crippen LogP contribution in [0.3, 0.4) is 0 Å². The zero-order chi connectivity index (χ0) is 24.0. The summed E-state index contributed by atoms with van der Waals surface area (Å²) in [5, 5.41) is 7.95. The first-order chi connectivity index (χ1) is 15.8. The van der Waals surface area contributed by atoms with Gasteiger partial charge >= 0.3 is 0 Å². The van der Waals surface area contributed by atoms with Gasteiger partial charge in [-0.2, -0.15) is 0 Å². The van der Waals surface area contributed by atoms with Gasteiger partial charge in [0.05, 0.1) is 5.25 Å². The van der Waals surface area contributed by atoms with Crippen LogP contribution in [-0.2, 0) is 11.4 Å². The summed E-state index contributed by atoms with van der Waals surface area (Å²) in [4.78, 5) is 24.4. The second kappa shape index (κ2) is 10.9. The molecule has 0 saturated heterocycles. The van der Waals surface area contributed by atoms with E-state index in [4.69, 9.17) is 10.6 Å². The molecule has 2 aromatic carbocycles. The molecule has 3 aromatic rings. The minimum atomic E-state index is -0.578. The second-order valence-electron chi connectivity index (χ2n) is 7.82. The molecular weight excluding hydrogens is 440 g/mol. The number of hydrogen-bond acceptors (Lipinski definition) is 7. The first-order valence-electron chi connectivity index (χ1n) is 10.5. The van der Waals surface area contributed by atoms with Gasteiger partial charge in [0.2, 0.25) is 5.16 Å². The van der Waals surface area contributed by atoms with E-state index in [1.807, 2.05) is 13.0 Å². The molecule has 2 amide bonds. The summed E-state index contributed by atoms with van der Waals surface area (Å²) in [6.45, 7) is 8.03. The largest absolute Gasteiger partial charge is 0.485 e. The molecule has 0 aliphatic heterocycles. The summed E-state index contributed by atoms with van der Waals surface area (Å²) in [7, 11) is 0. The standard InChI is InChI=1S/C23H28N6O3S/c1-14(2)18-11-10-15(3)12-19(18)32-13-20-25-28-23(29(20)24)33-16(4)21(30)26-27-22(31)17-8-6-5-7-9-17/h5-12,14,16H,13,24H2,1-4H3,(H,26,30)(H,27,31)/t16-/m1/s1. The Kier molecular flexibility index (Phi) is 7.94. The number of thioether (sulfide) groups is 1. The Labute approximate surface area is 197 Å². The highest BCUT2D eigenvalue weighted by molar-refractivity contribution is 8.00. The fourth-order valence-electron chi connectivity index (χ4n) is 2.97. The van der Waals surface area contributed by atoms with Crippen molar-refractivity contribution < 1.29 is 14.3 Å². The second-order valence-corrected chi connectivity index (χ2v) is 9.13. The van der Waals surface area contributed by atoms with E-state index in [-0.39, 0.29) is 6.61 Å². The number of benzene rings is 2. The van der Waals surface area contributed by atoms with Crippen molar-refractivity contribution in [2.24, 2.45) is 0 Å². The average molecular weight is 469 g/mol. The Hall–Kier alpha value is -3.53. The van der Waals surface area contributed by atoms with Gasteiger partial charge in [0, 0.05) is 5.56 Å². The van der Waals surface area contributed by atoms with Gasteiger partial charge in [-0.25, -0.2) is 4.68 Å². The Morgan fingerprint density at radius 3 is 2.52 bits per heavy atom. The topological polar surface area (TPSA) is 124 Å². The molecule has 1 atom stereocenters. The lowest BCUT2D eigenvalue weighted by molar-refractivity contribution is -0.121. The SMILES string of the molecule is Cc1ccc(C(C)C)c(OCc2nnc(S[C@H](C)C(=O)NNC(=O)c3ccccc3)n2N)c1. The van der Waals surface area contributed by atoms with Crippen LogP contribution in [0.4, 0.5) is 0 Å². The van der Waals surface area contributed by atoms with Crippen LogP contribution in [0.5, 0.6) is 5.75 Å². The quantitative estimate of drug-likeness (QED) is 0.264. The van der Waals surface area contributed by atoms with Crippen LogP contribution in [0, 0.1) is 6.92 Å². The third kappa shape index (κ3) is 6.26. The predicted molar refractivity (Wildman–Crippen MR) is 127 cm³/mol. The minimum absolute atomic E-state index is 0.140. The average Bonchev–Trinajstić information content (AvgIpc) is 3.15. The van der Waals surface area contributed by atoms with E-state index in [1.54, 1.807) is 37.3 Å². The van der Waals surface area contributed by atoms with E-state index in [0.717, 1.165) is 28.6 Å². The molecule has 4 N–H and O–H groups in total. The van der Waals surface area contributed by atoms with E-state index in [0.29, 0.717) is 22.5 Å². The molecule has 1 aromatic heterocycles. The summed E-state index contributed by atoms with van der Waals surface area (Å²) in [6, 6.07) is 14.7. The van der Waals surface area contributed by atoms with Crippen LogP contribution in [-0.4, -0.2) is 31.9 Å². The Bertz CT molecular complexity index is 1120. The number of aryl methyl sites for hydroxylation is 1. The van der Waals surface area contributed by atoms with Gasteiger partial charge < -0.3 is 10.6 Å². The number of nitrogen functional groups attached to an aromatic ring is 1. The highest BCUT2D eigenvalue weighted by Gasteiger charge is 2.20. The first kappa shape index (κ1) is 24.1. The number of nitrogens with two attached hydrogens (primary N) is 1. The van der Waals surface area contributed by atoms with Crippen molar-refractivity contribution in [3.8, 4) is 5.75 Å². The number of hydrazine groups is 1. The lowest BCUT2D eigenvalue weighted by atomic mass is 10.0. The zero-order valence-corrected chi connectivity index (χ0v) is 19.8. The Balaban J connectivity index is 1.56. The lowest BCUT2D eigenvalue weighted by Gasteiger charge is -2.15. The molecule has 0 unspecified atom stereocenters. The number of nitrogens with zero attached hydrogens (tertiary/aromatic N) is 3. The molecule has 0 saturated carbocycles. The molecule has 174 valence electrons. The third-order valence-corrected chi connectivity index (χ3v) is 5.93. The van der Waals surface area contributed by atoms with Crippen LogP contribution in [0.1, 0.15) is 54.0 Å². The van der Waals surface area contributed by atoms with Crippen molar-refractivity contribution in [2.45, 2.75) is 50.6 Å². The predicted octanol–water partition coefficient (Wildman–Crippen LogP) is 2.94. The number of ether oxygens (including phenoxy) is 1. The van der Waals surface area contributed by atoms with Gasteiger partial charge in [0.25, 0.3) is 11.8 Å². The molecule has 0 fully saturated rings. The van der Waals surface area contributed by atoms with E-state index >= 15 is 0 Å². The van der Waals surface area contributed by atoms with Crippen molar-refractivity contribution >= 4 is 23.6 Å². The van der Waals surface area contributed by atoms with Gasteiger partial charge in [-0.05, 0) is 49.1 Å². The monoisotopic (exact) mass is 468 g/mol. The molecule has 0 spiro atoms. The van der Waals surface area contributed by atoms with Crippen LogP contribution in [0.2, 0.25) is 0 Å². The fourth-order valence-corrected chi connectivity index (χ4v) is 3.75. The summed E-state index contributed by atoms with van der Waals surface area (Å²) in [5.41, 5.74) is 7.45. The molecular formula is C23H28N6O3S. The van der Waals surface area contributed by atoms with Crippen molar-refractivity contribution in [1.82, 2.24) is 25.7 Å². The molecule has 0 aliphatic carbocycles. The maximum Gasteiger partial charge on any atom is 0.269 e. The van der Waals surface area contributed by atoms with Crippen LogP contribution in [0.15, 0.2) is 53.7 Å². The molecule has 0 aliphatic rings. The Morgan fingerprint density at radius 2 is 1.82 bits per heavy atom. The van der Waals surface area contributed by atoms with Crippen molar-refractivity contribution in [2.75, 3.05) is 5.84 Å². The summed E-state index contributed by atoms with van der Waals surface area (Å²) < 4.78 is 7.29. The number of amides is 2. The molecule has 33 heavy (non-hydrogen) atoms. The highest BCUT2D eigenvalue weighted by Crippen LogP contribution is 2.28. The number of rotatable bonds is 8. The molecule has 0 radical (unpaired) electrons. The number of carbonyl (C=O) groups excluding carboxylic acids is 2.